The van der Waals surface area contributed by atoms with E-state index in [1.807, 2.05) is 24.3 Å². The Balaban J connectivity index is 1.60. The Morgan fingerprint density at radius 1 is 1.03 bits per heavy atom. The topological polar surface area (TPSA) is 132 Å². The van der Waals surface area contributed by atoms with E-state index in [-0.39, 0.29) is 27.7 Å². The molecule has 0 saturated heterocycles. The van der Waals surface area contributed by atoms with Crippen molar-refractivity contribution in [2.45, 2.75) is 4.90 Å². The van der Waals surface area contributed by atoms with Gasteiger partial charge < -0.3 is 14.8 Å². The Bertz CT molecular complexity index is 1330. The highest BCUT2D eigenvalue weighted by Crippen LogP contribution is 2.21. The fourth-order valence-electron chi connectivity index (χ4n) is 2.63. The summed E-state index contributed by atoms with van der Waals surface area (Å²) in [6.07, 6.45) is 3.01. The number of nitrogens with zero attached hydrogens (tertiary/aromatic N) is 2. The van der Waals surface area contributed by atoms with Gasteiger partial charge in [-0.2, -0.15) is 9.97 Å². The first kappa shape index (κ1) is 26.1. The van der Waals surface area contributed by atoms with Crippen LogP contribution in [0.25, 0.3) is 6.08 Å². The molecule has 2 aromatic carbocycles. The third-order valence-electron chi connectivity index (χ3n) is 4.27. The largest absolute Gasteiger partial charge is 0.481 e. The van der Waals surface area contributed by atoms with Gasteiger partial charge in [-0.1, -0.05) is 28.1 Å². The molecule has 0 fully saturated rings. The zero-order chi connectivity index (χ0) is 25.4. The Hall–Kier alpha value is -3.55. The molecule has 1 amide bonds. The standard InChI is InChI=1S/C22H20BrN5O5S2/c1-32-20-13-18(25-21(27-20)33-2)28-35(30,31)17-10-8-16(9-11-17)24-22(34)26-19(29)12-5-14-3-6-15(23)7-4-14/h3-13H,1-2H3,(H,25,27,28)(H2,24,26,29,34)/b12-5+. The fourth-order valence-corrected chi connectivity index (χ4v) is 4.10. The molecule has 0 aliphatic carbocycles. The zero-order valence-electron chi connectivity index (χ0n) is 18.5. The van der Waals surface area contributed by atoms with Crippen LogP contribution in [0.2, 0.25) is 0 Å². The molecule has 0 saturated carbocycles. The van der Waals surface area contributed by atoms with Gasteiger partial charge in [-0.15, -0.1) is 0 Å². The number of thiocarbonyl (C=S) groups is 1. The molecule has 0 spiro atoms. The molecule has 35 heavy (non-hydrogen) atoms. The number of benzene rings is 2. The minimum absolute atomic E-state index is 0.0176. The molecule has 1 aromatic heterocycles. The number of anilines is 2. The third kappa shape index (κ3) is 7.73. The number of carbonyl (C=O) groups excluding carboxylic acids is 1. The number of hydrogen-bond donors (Lipinski definition) is 3. The van der Waals surface area contributed by atoms with Gasteiger partial charge in [0.05, 0.1) is 19.1 Å². The van der Waals surface area contributed by atoms with Crippen molar-refractivity contribution in [2.75, 3.05) is 24.3 Å². The summed E-state index contributed by atoms with van der Waals surface area (Å²) in [5.74, 6) is -0.295. The molecule has 13 heteroatoms. The average Bonchev–Trinajstić information content (AvgIpc) is 2.83. The third-order valence-corrected chi connectivity index (χ3v) is 6.37. The van der Waals surface area contributed by atoms with E-state index in [1.54, 1.807) is 6.08 Å². The minimum Gasteiger partial charge on any atom is -0.481 e. The van der Waals surface area contributed by atoms with E-state index in [2.05, 4.69) is 41.3 Å². The van der Waals surface area contributed by atoms with Crippen LogP contribution in [0, 0.1) is 0 Å². The van der Waals surface area contributed by atoms with E-state index in [0.717, 1.165) is 10.0 Å². The SMILES string of the molecule is COc1cc(NS(=O)(=O)c2ccc(NC(=S)NC(=O)/C=C/c3ccc(Br)cc3)cc2)nc(OC)n1. The highest BCUT2D eigenvalue weighted by Gasteiger charge is 2.17. The van der Waals surface area contributed by atoms with Crippen LogP contribution >= 0.6 is 28.1 Å². The van der Waals surface area contributed by atoms with Crippen molar-refractivity contribution in [1.29, 1.82) is 0 Å². The van der Waals surface area contributed by atoms with Gasteiger partial charge in [-0.05, 0) is 60.3 Å². The Morgan fingerprint density at radius 2 is 1.71 bits per heavy atom. The van der Waals surface area contributed by atoms with Gasteiger partial charge >= 0.3 is 6.01 Å². The number of rotatable bonds is 8. The van der Waals surface area contributed by atoms with Crippen LogP contribution < -0.4 is 24.8 Å². The lowest BCUT2D eigenvalue weighted by atomic mass is 10.2. The average molecular weight is 578 g/mol. The van der Waals surface area contributed by atoms with Gasteiger partial charge in [0.2, 0.25) is 11.8 Å². The second-order valence-electron chi connectivity index (χ2n) is 6.74. The monoisotopic (exact) mass is 577 g/mol. The quantitative estimate of drug-likeness (QED) is 0.271. The molecule has 3 rings (SSSR count). The van der Waals surface area contributed by atoms with Gasteiger partial charge in [0.1, 0.15) is 0 Å². The van der Waals surface area contributed by atoms with Crippen LogP contribution in [0.1, 0.15) is 5.56 Å². The maximum atomic E-state index is 12.7. The van der Waals surface area contributed by atoms with Gasteiger partial charge in [-0.25, -0.2) is 8.42 Å². The van der Waals surface area contributed by atoms with E-state index in [1.165, 1.54) is 50.6 Å². The van der Waals surface area contributed by atoms with Gasteiger partial charge in [0.15, 0.2) is 10.9 Å². The number of amides is 1. The molecule has 0 atom stereocenters. The summed E-state index contributed by atoms with van der Waals surface area (Å²) in [5.41, 5.74) is 1.34. The molecule has 0 bridgehead atoms. The molecule has 0 aliphatic heterocycles. The van der Waals surface area contributed by atoms with Crippen LogP contribution in [0.4, 0.5) is 11.5 Å². The number of carbonyl (C=O) groups is 1. The molecule has 3 aromatic rings. The predicted octanol–water partition coefficient (Wildman–Crippen LogP) is 3.58. The number of halogens is 1. The predicted molar refractivity (Wildman–Crippen MR) is 140 cm³/mol. The van der Waals surface area contributed by atoms with Crippen LogP contribution in [-0.2, 0) is 14.8 Å². The first-order chi connectivity index (χ1) is 16.7. The summed E-state index contributed by atoms with van der Waals surface area (Å²) >= 11 is 8.50. The summed E-state index contributed by atoms with van der Waals surface area (Å²) in [6.45, 7) is 0. The maximum absolute atomic E-state index is 12.7. The van der Waals surface area contributed by atoms with E-state index in [4.69, 9.17) is 21.7 Å². The second-order valence-corrected chi connectivity index (χ2v) is 9.75. The Kier molecular flexibility index (Phi) is 8.73. The maximum Gasteiger partial charge on any atom is 0.321 e. The number of sulfonamides is 1. The molecule has 0 aliphatic rings. The van der Waals surface area contributed by atoms with Crippen molar-refractivity contribution >= 4 is 66.8 Å². The van der Waals surface area contributed by atoms with Crippen LogP contribution in [-0.4, -0.2) is 43.6 Å². The zero-order valence-corrected chi connectivity index (χ0v) is 21.7. The lowest BCUT2D eigenvalue weighted by Gasteiger charge is -2.11. The van der Waals surface area contributed by atoms with Crippen molar-refractivity contribution in [3.05, 3.63) is 70.7 Å². The number of aromatic nitrogens is 2. The van der Waals surface area contributed by atoms with Crippen LogP contribution in [0.5, 0.6) is 11.9 Å². The molecular weight excluding hydrogens is 558 g/mol. The summed E-state index contributed by atoms with van der Waals surface area (Å²) in [7, 11) is -1.22. The lowest BCUT2D eigenvalue weighted by molar-refractivity contribution is -0.115. The minimum atomic E-state index is -3.96. The van der Waals surface area contributed by atoms with E-state index in [9.17, 15) is 13.2 Å². The highest BCUT2D eigenvalue weighted by atomic mass is 79.9. The molecular formula is C22H20BrN5O5S2. The highest BCUT2D eigenvalue weighted by molar-refractivity contribution is 9.10. The summed E-state index contributed by atoms with van der Waals surface area (Å²) in [4.78, 5) is 19.9. The summed E-state index contributed by atoms with van der Waals surface area (Å²) in [5, 5.41) is 5.41. The number of methoxy groups -OCH3 is 2. The van der Waals surface area contributed by atoms with Crippen molar-refractivity contribution in [3.63, 3.8) is 0 Å². The van der Waals surface area contributed by atoms with E-state index >= 15 is 0 Å². The number of nitrogens with one attached hydrogen (secondary N) is 3. The summed E-state index contributed by atoms with van der Waals surface area (Å²) < 4.78 is 38.7. The molecule has 1 heterocycles. The fraction of sp³-hybridized carbons (Fsp3) is 0.0909. The van der Waals surface area contributed by atoms with E-state index < -0.39 is 15.9 Å². The van der Waals surface area contributed by atoms with Gasteiger partial charge in [0.25, 0.3) is 10.0 Å². The normalized spacial score (nSPS) is 11.1. The second kappa shape index (κ2) is 11.7. The molecule has 182 valence electrons. The van der Waals surface area contributed by atoms with Crippen molar-refractivity contribution in [1.82, 2.24) is 15.3 Å². The molecule has 3 N–H and O–H groups in total. The van der Waals surface area contributed by atoms with Crippen molar-refractivity contribution in [2.24, 2.45) is 0 Å². The Labute approximate surface area is 216 Å². The van der Waals surface area contributed by atoms with Crippen molar-refractivity contribution in [3.8, 4) is 11.9 Å². The van der Waals surface area contributed by atoms with Crippen LogP contribution in [0.3, 0.4) is 0 Å². The number of ether oxygens (including phenoxy) is 2. The first-order valence-electron chi connectivity index (χ1n) is 9.84. The van der Waals surface area contributed by atoms with Crippen LogP contribution in [0.15, 0.2) is 70.0 Å². The smallest absolute Gasteiger partial charge is 0.321 e. The van der Waals surface area contributed by atoms with Crippen molar-refractivity contribution < 1.29 is 22.7 Å². The van der Waals surface area contributed by atoms with E-state index in [0.29, 0.717) is 5.69 Å². The Morgan fingerprint density at radius 3 is 2.34 bits per heavy atom. The first-order valence-corrected chi connectivity index (χ1v) is 12.5. The molecule has 0 radical (unpaired) electrons. The summed E-state index contributed by atoms with van der Waals surface area (Å²) in [6, 6.07) is 14.5. The molecule has 0 unspecified atom stereocenters. The lowest BCUT2D eigenvalue weighted by Crippen LogP contribution is -2.32. The van der Waals surface area contributed by atoms with Gasteiger partial charge in [-0.3, -0.25) is 14.8 Å². The van der Waals surface area contributed by atoms with Gasteiger partial charge in [0, 0.05) is 22.3 Å². The molecule has 10 nitrogen and oxygen atoms in total. The number of hydrogen-bond acceptors (Lipinski definition) is 8.